The number of likely N-dealkylation sites (N-methyl/N-ethyl adjacent to an activating group) is 1. The molecule has 1 unspecified atom stereocenters. The van der Waals surface area contributed by atoms with Crippen LogP contribution in [0.2, 0.25) is 0 Å². The molecule has 2 heterocycles. The first-order chi connectivity index (χ1) is 8.22. The van der Waals surface area contributed by atoms with E-state index >= 15 is 0 Å². The third-order valence-electron chi connectivity index (χ3n) is 3.42. The first kappa shape index (κ1) is 12.3. The minimum atomic E-state index is 0.509. The van der Waals surface area contributed by atoms with Gasteiger partial charge in [0.05, 0.1) is 11.4 Å². The second-order valence-corrected chi connectivity index (χ2v) is 4.83. The minimum Gasteiger partial charge on any atom is -0.366 e. The van der Waals surface area contributed by atoms with Gasteiger partial charge >= 0.3 is 0 Å². The average molecular weight is 234 g/mol. The molecule has 1 fully saturated rings. The van der Waals surface area contributed by atoms with E-state index in [2.05, 4.69) is 34.8 Å². The maximum atomic E-state index is 5.77. The minimum absolute atomic E-state index is 0.509. The van der Waals surface area contributed by atoms with Crippen LogP contribution in [0.3, 0.4) is 0 Å². The first-order valence-corrected chi connectivity index (χ1v) is 6.31. The topological polar surface area (TPSA) is 45.4 Å². The van der Waals surface area contributed by atoms with Crippen molar-refractivity contribution in [3.8, 4) is 0 Å². The van der Waals surface area contributed by atoms with E-state index < -0.39 is 0 Å². The third kappa shape index (κ3) is 2.76. The molecule has 1 aromatic rings. The molecule has 0 aromatic carbocycles. The second-order valence-electron chi connectivity index (χ2n) is 4.83. The van der Waals surface area contributed by atoms with Crippen molar-refractivity contribution in [3.63, 3.8) is 0 Å². The molecule has 1 atom stereocenters. The van der Waals surface area contributed by atoms with Crippen molar-refractivity contribution in [2.45, 2.75) is 25.9 Å². The highest BCUT2D eigenvalue weighted by atomic mass is 15.2. The summed E-state index contributed by atoms with van der Waals surface area (Å²) in [5.41, 5.74) is 7.98. The Morgan fingerprint density at radius 3 is 3.06 bits per heavy atom. The molecular formula is C13H22N4. The Morgan fingerprint density at radius 2 is 2.29 bits per heavy atom. The van der Waals surface area contributed by atoms with Gasteiger partial charge < -0.3 is 15.5 Å². The van der Waals surface area contributed by atoms with Crippen LogP contribution in [-0.2, 0) is 6.54 Å². The highest BCUT2D eigenvalue weighted by Crippen LogP contribution is 2.22. The summed E-state index contributed by atoms with van der Waals surface area (Å²) >= 11 is 0. The number of aromatic nitrogens is 1. The SMILES string of the molecule is CC1CN(C)CCCN1c1cccnc1CN. The number of pyridine rings is 1. The fourth-order valence-electron chi connectivity index (χ4n) is 2.58. The molecule has 4 nitrogen and oxygen atoms in total. The molecule has 2 rings (SSSR count). The van der Waals surface area contributed by atoms with Gasteiger partial charge in [0.1, 0.15) is 0 Å². The molecule has 2 N–H and O–H groups in total. The summed E-state index contributed by atoms with van der Waals surface area (Å²) in [6, 6.07) is 4.64. The van der Waals surface area contributed by atoms with Gasteiger partial charge in [-0.3, -0.25) is 4.98 Å². The fourth-order valence-corrected chi connectivity index (χ4v) is 2.58. The normalized spacial score (nSPS) is 22.5. The number of rotatable bonds is 2. The molecule has 0 spiro atoms. The first-order valence-electron chi connectivity index (χ1n) is 6.31. The van der Waals surface area contributed by atoms with E-state index in [0.717, 1.165) is 18.8 Å². The van der Waals surface area contributed by atoms with E-state index in [-0.39, 0.29) is 0 Å². The lowest BCUT2D eigenvalue weighted by molar-refractivity contribution is 0.337. The van der Waals surface area contributed by atoms with Crippen LogP contribution < -0.4 is 10.6 Å². The summed E-state index contributed by atoms with van der Waals surface area (Å²) in [5.74, 6) is 0. The van der Waals surface area contributed by atoms with Crippen molar-refractivity contribution in [2.75, 3.05) is 31.6 Å². The molecule has 1 aliphatic rings. The van der Waals surface area contributed by atoms with Crippen LogP contribution in [0.1, 0.15) is 19.0 Å². The maximum Gasteiger partial charge on any atom is 0.0772 e. The number of anilines is 1. The molecule has 94 valence electrons. The molecule has 1 saturated heterocycles. The van der Waals surface area contributed by atoms with E-state index in [1.165, 1.54) is 18.7 Å². The van der Waals surface area contributed by atoms with Crippen LogP contribution in [0, 0.1) is 0 Å². The van der Waals surface area contributed by atoms with E-state index in [0.29, 0.717) is 12.6 Å². The van der Waals surface area contributed by atoms with Gasteiger partial charge in [-0.05, 0) is 39.1 Å². The molecular weight excluding hydrogens is 212 g/mol. The van der Waals surface area contributed by atoms with Crippen molar-refractivity contribution in [3.05, 3.63) is 24.0 Å². The van der Waals surface area contributed by atoms with E-state index in [9.17, 15) is 0 Å². The zero-order chi connectivity index (χ0) is 12.3. The molecule has 0 saturated carbocycles. The number of nitrogens with zero attached hydrogens (tertiary/aromatic N) is 3. The molecule has 1 aromatic heterocycles. The summed E-state index contributed by atoms with van der Waals surface area (Å²) < 4.78 is 0. The predicted octanol–water partition coefficient (Wildman–Crippen LogP) is 1.07. The second kappa shape index (κ2) is 5.47. The number of hydrogen-bond donors (Lipinski definition) is 1. The van der Waals surface area contributed by atoms with Crippen LogP contribution in [0.4, 0.5) is 5.69 Å². The Bertz CT molecular complexity index is 366. The Kier molecular flexibility index (Phi) is 3.97. The largest absolute Gasteiger partial charge is 0.366 e. The van der Waals surface area contributed by atoms with Crippen molar-refractivity contribution in [2.24, 2.45) is 5.73 Å². The summed E-state index contributed by atoms with van der Waals surface area (Å²) in [7, 11) is 2.19. The quantitative estimate of drug-likeness (QED) is 0.831. The maximum absolute atomic E-state index is 5.77. The third-order valence-corrected chi connectivity index (χ3v) is 3.42. The summed E-state index contributed by atoms with van der Waals surface area (Å²) in [5, 5.41) is 0. The Labute approximate surface area is 103 Å². The van der Waals surface area contributed by atoms with Gasteiger partial charge in [0, 0.05) is 31.9 Å². The summed E-state index contributed by atoms with van der Waals surface area (Å²) in [6.07, 6.45) is 3.01. The van der Waals surface area contributed by atoms with E-state index in [1.54, 1.807) is 0 Å². The predicted molar refractivity (Wildman–Crippen MR) is 71.1 cm³/mol. The van der Waals surface area contributed by atoms with Gasteiger partial charge in [0.15, 0.2) is 0 Å². The lowest BCUT2D eigenvalue weighted by Crippen LogP contribution is -2.38. The number of nitrogens with two attached hydrogens (primary N) is 1. The van der Waals surface area contributed by atoms with Gasteiger partial charge in [-0.15, -0.1) is 0 Å². The van der Waals surface area contributed by atoms with E-state index in [1.807, 2.05) is 12.3 Å². The lowest BCUT2D eigenvalue weighted by Gasteiger charge is -2.31. The van der Waals surface area contributed by atoms with Crippen LogP contribution >= 0.6 is 0 Å². The molecule has 4 heteroatoms. The Morgan fingerprint density at radius 1 is 1.47 bits per heavy atom. The lowest BCUT2D eigenvalue weighted by atomic mass is 10.2. The van der Waals surface area contributed by atoms with Gasteiger partial charge in [-0.1, -0.05) is 0 Å². The Balaban J connectivity index is 2.25. The van der Waals surface area contributed by atoms with Gasteiger partial charge in [-0.2, -0.15) is 0 Å². The Hall–Kier alpha value is -1.13. The van der Waals surface area contributed by atoms with Crippen molar-refractivity contribution >= 4 is 5.69 Å². The standard InChI is InChI=1S/C13H22N4/c1-11-10-16(2)7-4-8-17(11)13-5-3-6-15-12(13)9-14/h3,5-6,11H,4,7-10,14H2,1-2H3. The van der Waals surface area contributed by atoms with E-state index in [4.69, 9.17) is 5.73 Å². The van der Waals surface area contributed by atoms with Gasteiger partial charge in [0.25, 0.3) is 0 Å². The van der Waals surface area contributed by atoms with Crippen molar-refractivity contribution in [1.29, 1.82) is 0 Å². The smallest absolute Gasteiger partial charge is 0.0772 e. The summed E-state index contributed by atoms with van der Waals surface area (Å²) in [4.78, 5) is 9.21. The average Bonchev–Trinajstić information content (AvgIpc) is 2.50. The highest BCUT2D eigenvalue weighted by Gasteiger charge is 2.21. The highest BCUT2D eigenvalue weighted by molar-refractivity contribution is 5.51. The van der Waals surface area contributed by atoms with Crippen molar-refractivity contribution in [1.82, 2.24) is 9.88 Å². The fraction of sp³-hybridized carbons (Fsp3) is 0.615. The zero-order valence-corrected chi connectivity index (χ0v) is 10.8. The van der Waals surface area contributed by atoms with Crippen LogP contribution in [0.25, 0.3) is 0 Å². The molecule has 1 aliphatic heterocycles. The summed E-state index contributed by atoms with van der Waals surface area (Å²) in [6.45, 7) is 6.13. The molecule has 0 radical (unpaired) electrons. The molecule has 0 aliphatic carbocycles. The van der Waals surface area contributed by atoms with Crippen LogP contribution in [0.15, 0.2) is 18.3 Å². The molecule has 0 amide bonds. The van der Waals surface area contributed by atoms with Gasteiger partial charge in [0.2, 0.25) is 0 Å². The van der Waals surface area contributed by atoms with Crippen LogP contribution in [0.5, 0.6) is 0 Å². The number of hydrogen-bond acceptors (Lipinski definition) is 4. The zero-order valence-electron chi connectivity index (χ0n) is 10.8. The van der Waals surface area contributed by atoms with Crippen molar-refractivity contribution < 1.29 is 0 Å². The molecule has 0 bridgehead atoms. The van der Waals surface area contributed by atoms with Crippen LogP contribution in [-0.4, -0.2) is 42.6 Å². The van der Waals surface area contributed by atoms with Gasteiger partial charge in [-0.25, -0.2) is 0 Å². The molecule has 17 heavy (non-hydrogen) atoms. The monoisotopic (exact) mass is 234 g/mol.